The Bertz CT molecular complexity index is 221. The maximum atomic E-state index is 10.5. The van der Waals surface area contributed by atoms with Gasteiger partial charge in [0.2, 0.25) is 0 Å². The summed E-state index contributed by atoms with van der Waals surface area (Å²) in [6.07, 6.45) is 4.27. The number of hydrogen-bond donors (Lipinski definition) is 2. The lowest BCUT2D eigenvalue weighted by Gasteiger charge is -2.35. The van der Waals surface area contributed by atoms with Crippen LogP contribution in [0, 0.1) is 5.92 Å². The normalized spacial score (nSPS) is 21.2. The molecule has 1 rings (SSSR count). The molecule has 0 bridgehead atoms. The highest BCUT2D eigenvalue weighted by atomic mass is 16.3. The lowest BCUT2D eigenvalue weighted by Crippen LogP contribution is -2.47. The Morgan fingerprint density at radius 1 is 1.33 bits per heavy atom. The predicted molar refractivity (Wildman–Crippen MR) is 77.8 cm³/mol. The smallest absolute Gasteiger partial charge is 0.0768 e. The zero-order valence-electron chi connectivity index (χ0n) is 12.7. The van der Waals surface area contributed by atoms with E-state index in [0.29, 0.717) is 12.0 Å². The van der Waals surface area contributed by atoms with E-state index in [2.05, 4.69) is 37.9 Å². The van der Waals surface area contributed by atoms with E-state index in [1.54, 1.807) is 0 Å². The average Bonchev–Trinajstić information content (AvgIpc) is 2.80. The molecule has 0 radical (unpaired) electrons. The van der Waals surface area contributed by atoms with Crippen LogP contribution in [0.1, 0.15) is 53.4 Å². The minimum atomic E-state index is -0.506. The highest BCUT2D eigenvalue weighted by Crippen LogP contribution is 2.18. The molecule has 0 aromatic carbocycles. The Labute approximate surface area is 113 Å². The fourth-order valence-corrected chi connectivity index (χ4v) is 2.83. The van der Waals surface area contributed by atoms with Gasteiger partial charge in [0.25, 0.3) is 0 Å². The van der Waals surface area contributed by atoms with Crippen LogP contribution in [-0.2, 0) is 0 Å². The summed E-state index contributed by atoms with van der Waals surface area (Å²) in [4.78, 5) is 2.46. The zero-order chi connectivity index (χ0) is 13.6. The molecule has 0 amide bonds. The van der Waals surface area contributed by atoms with Gasteiger partial charge in [-0.3, -0.25) is 4.90 Å². The van der Waals surface area contributed by atoms with Gasteiger partial charge in [0.15, 0.2) is 0 Å². The molecule has 0 aromatic rings. The van der Waals surface area contributed by atoms with Crippen molar-refractivity contribution >= 4 is 0 Å². The summed E-state index contributed by atoms with van der Waals surface area (Å²) in [5, 5.41) is 14.1. The maximum Gasteiger partial charge on any atom is 0.0768 e. The molecule has 1 fully saturated rings. The topological polar surface area (TPSA) is 35.5 Å². The Morgan fingerprint density at radius 3 is 2.44 bits per heavy atom. The van der Waals surface area contributed by atoms with E-state index in [1.807, 2.05) is 0 Å². The molecule has 108 valence electrons. The minimum Gasteiger partial charge on any atom is -0.389 e. The van der Waals surface area contributed by atoms with Gasteiger partial charge in [0.1, 0.15) is 0 Å². The maximum absolute atomic E-state index is 10.5. The standard InChI is InChI=1S/C15H32N2O/c1-5-15(18,6-2)12-17(10-13(3)4)11-14-8-7-9-16-14/h13-14,16,18H,5-12H2,1-4H3. The van der Waals surface area contributed by atoms with Gasteiger partial charge in [-0.1, -0.05) is 27.7 Å². The predicted octanol–water partition coefficient (Wildman–Crippen LogP) is 2.25. The van der Waals surface area contributed by atoms with Crippen LogP contribution < -0.4 is 5.32 Å². The second-order valence-corrected chi connectivity index (χ2v) is 6.31. The second-order valence-electron chi connectivity index (χ2n) is 6.31. The zero-order valence-corrected chi connectivity index (χ0v) is 12.7. The van der Waals surface area contributed by atoms with Crippen LogP contribution in [0.3, 0.4) is 0 Å². The molecule has 3 heteroatoms. The van der Waals surface area contributed by atoms with Crippen LogP contribution in [0.4, 0.5) is 0 Å². The first kappa shape index (κ1) is 15.9. The van der Waals surface area contributed by atoms with Gasteiger partial charge in [-0.25, -0.2) is 0 Å². The van der Waals surface area contributed by atoms with Crippen LogP contribution in [0.5, 0.6) is 0 Å². The summed E-state index contributed by atoms with van der Waals surface area (Å²) in [5.74, 6) is 0.657. The van der Waals surface area contributed by atoms with Crippen molar-refractivity contribution in [3.05, 3.63) is 0 Å². The van der Waals surface area contributed by atoms with Gasteiger partial charge < -0.3 is 10.4 Å². The summed E-state index contributed by atoms with van der Waals surface area (Å²) in [6, 6.07) is 0.627. The van der Waals surface area contributed by atoms with E-state index in [0.717, 1.165) is 39.0 Å². The minimum absolute atomic E-state index is 0.506. The van der Waals surface area contributed by atoms with E-state index in [-0.39, 0.29) is 0 Å². The number of aliphatic hydroxyl groups is 1. The molecule has 1 saturated heterocycles. The van der Waals surface area contributed by atoms with Gasteiger partial charge in [-0.2, -0.15) is 0 Å². The average molecular weight is 256 g/mol. The molecule has 0 aliphatic carbocycles. The van der Waals surface area contributed by atoms with Crippen LogP contribution in [0.25, 0.3) is 0 Å². The van der Waals surface area contributed by atoms with Crippen molar-refractivity contribution in [1.82, 2.24) is 10.2 Å². The Kier molecular flexibility index (Phi) is 6.61. The monoisotopic (exact) mass is 256 g/mol. The van der Waals surface area contributed by atoms with E-state index < -0.39 is 5.60 Å². The quantitative estimate of drug-likeness (QED) is 0.699. The van der Waals surface area contributed by atoms with Gasteiger partial charge in [0, 0.05) is 25.7 Å². The van der Waals surface area contributed by atoms with Crippen molar-refractivity contribution < 1.29 is 5.11 Å². The SMILES string of the molecule is CCC(O)(CC)CN(CC(C)C)CC1CCCN1. The molecule has 3 nitrogen and oxygen atoms in total. The molecule has 2 N–H and O–H groups in total. The van der Waals surface area contributed by atoms with Crippen LogP contribution >= 0.6 is 0 Å². The number of nitrogens with one attached hydrogen (secondary N) is 1. The molecule has 0 aromatic heterocycles. The lowest BCUT2D eigenvalue weighted by molar-refractivity contribution is -0.00778. The highest BCUT2D eigenvalue weighted by molar-refractivity contribution is 4.84. The van der Waals surface area contributed by atoms with E-state index in [1.165, 1.54) is 12.8 Å². The van der Waals surface area contributed by atoms with E-state index in [4.69, 9.17) is 0 Å². The summed E-state index contributed by atoms with van der Waals surface area (Å²) < 4.78 is 0. The molecular formula is C15H32N2O. The van der Waals surface area contributed by atoms with E-state index in [9.17, 15) is 5.11 Å². The van der Waals surface area contributed by atoms with Crippen molar-refractivity contribution in [2.45, 2.75) is 65.0 Å². The van der Waals surface area contributed by atoms with Gasteiger partial charge >= 0.3 is 0 Å². The van der Waals surface area contributed by atoms with Crippen molar-refractivity contribution in [1.29, 1.82) is 0 Å². The third-order valence-electron chi connectivity index (χ3n) is 4.10. The van der Waals surface area contributed by atoms with Gasteiger partial charge in [0.05, 0.1) is 5.60 Å². The summed E-state index contributed by atoms with van der Waals surface area (Å²) in [7, 11) is 0. The molecule has 0 saturated carbocycles. The third-order valence-corrected chi connectivity index (χ3v) is 4.10. The van der Waals surface area contributed by atoms with E-state index >= 15 is 0 Å². The van der Waals surface area contributed by atoms with Gasteiger partial charge in [-0.15, -0.1) is 0 Å². The van der Waals surface area contributed by atoms with Crippen molar-refractivity contribution in [3.8, 4) is 0 Å². The molecule has 1 unspecified atom stereocenters. The molecule has 0 spiro atoms. The summed E-state index contributed by atoms with van der Waals surface area (Å²) in [5.41, 5.74) is -0.506. The molecule has 18 heavy (non-hydrogen) atoms. The molecule has 1 atom stereocenters. The Hall–Kier alpha value is -0.120. The largest absolute Gasteiger partial charge is 0.389 e. The number of nitrogens with zero attached hydrogens (tertiary/aromatic N) is 1. The molecular weight excluding hydrogens is 224 g/mol. The third kappa shape index (κ3) is 5.25. The Morgan fingerprint density at radius 2 is 2.00 bits per heavy atom. The first-order chi connectivity index (χ1) is 8.49. The summed E-state index contributed by atoms with van der Waals surface area (Å²) in [6.45, 7) is 12.8. The first-order valence-electron chi connectivity index (χ1n) is 7.67. The fraction of sp³-hybridized carbons (Fsp3) is 1.00. The molecule has 1 aliphatic rings. The number of rotatable bonds is 8. The molecule has 1 aliphatic heterocycles. The summed E-state index contributed by atoms with van der Waals surface area (Å²) >= 11 is 0. The molecule has 1 heterocycles. The highest BCUT2D eigenvalue weighted by Gasteiger charge is 2.27. The van der Waals surface area contributed by atoms with Gasteiger partial charge in [-0.05, 0) is 38.1 Å². The van der Waals surface area contributed by atoms with Crippen molar-refractivity contribution in [2.24, 2.45) is 5.92 Å². The van der Waals surface area contributed by atoms with Crippen LogP contribution in [-0.4, -0.2) is 47.8 Å². The van der Waals surface area contributed by atoms with Crippen molar-refractivity contribution in [2.75, 3.05) is 26.2 Å². The lowest BCUT2D eigenvalue weighted by atomic mass is 9.96. The van der Waals surface area contributed by atoms with Crippen LogP contribution in [0.2, 0.25) is 0 Å². The second kappa shape index (κ2) is 7.46. The first-order valence-corrected chi connectivity index (χ1v) is 7.67. The Balaban J connectivity index is 2.53. The fourth-order valence-electron chi connectivity index (χ4n) is 2.83. The number of hydrogen-bond acceptors (Lipinski definition) is 3. The van der Waals surface area contributed by atoms with Crippen molar-refractivity contribution in [3.63, 3.8) is 0 Å². The van der Waals surface area contributed by atoms with Crippen LogP contribution in [0.15, 0.2) is 0 Å².